The SMILES string of the molecule is CN(Cc1ccccc1)C(=O)NCCN(C)c1ccccc1. The first-order valence-corrected chi connectivity index (χ1v) is 7.46. The van der Waals surface area contributed by atoms with Gasteiger partial charge in [0.05, 0.1) is 0 Å². The number of hydrogen-bond donors (Lipinski definition) is 1. The molecule has 2 aromatic carbocycles. The molecule has 0 radical (unpaired) electrons. The molecule has 0 aliphatic carbocycles. The predicted molar refractivity (Wildman–Crippen MR) is 91.0 cm³/mol. The van der Waals surface area contributed by atoms with E-state index in [0.717, 1.165) is 17.8 Å². The quantitative estimate of drug-likeness (QED) is 0.890. The van der Waals surface area contributed by atoms with Gasteiger partial charge in [0.2, 0.25) is 0 Å². The monoisotopic (exact) mass is 297 g/mol. The van der Waals surface area contributed by atoms with Crippen molar-refractivity contribution in [1.29, 1.82) is 0 Å². The minimum absolute atomic E-state index is 0.0506. The van der Waals surface area contributed by atoms with Crippen LogP contribution < -0.4 is 10.2 Å². The highest BCUT2D eigenvalue weighted by atomic mass is 16.2. The fourth-order valence-electron chi connectivity index (χ4n) is 2.21. The third-order valence-corrected chi connectivity index (χ3v) is 3.53. The molecule has 2 amide bonds. The number of para-hydroxylation sites is 1. The molecule has 0 spiro atoms. The van der Waals surface area contributed by atoms with Gasteiger partial charge in [0, 0.05) is 39.4 Å². The van der Waals surface area contributed by atoms with Crippen LogP contribution in [0, 0.1) is 0 Å². The van der Waals surface area contributed by atoms with Crippen LogP contribution in [-0.2, 0) is 6.54 Å². The Morgan fingerprint density at radius 2 is 1.55 bits per heavy atom. The molecule has 0 aromatic heterocycles. The lowest BCUT2D eigenvalue weighted by Gasteiger charge is -2.22. The number of nitrogens with zero attached hydrogens (tertiary/aromatic N) is 2. The molecule has 4 heteroatoms. The minimum atomic E-state index is -0.0506. The number of anilines is 1. The van der Waals surface area contributed by atoms with E-state index in [1.165, 1.54) is 0 Å². The van der Waals surface area contributed by atoms with Crippen LogP contribution in [0.15, 0.2) is 60.7 Å². The van der Waals surface area contributed by atoms with Crippen molar-refractivity contribution in [3.8, 4) is 0 Å². The van der Waals surface area contributed by atoms with Crippen LogP contribution in [-0.4, -0.2) is 38.1 Å². The second-order valence-electron chi connectivity index (χ2n) is 5.33. The smallest absolute Gasteiger partial charge is 0.317 e. The third-order valence-electron chi connectivity index (χ3n) is 3.53. The molecule has 0 unspecified atom stereocenters. The molecule has 0 aliphatic heterocycles. The van der Waals surface area contributed by atoms with Gasteiger partial charge in [-0.2, -0.15) is 0 Å². The van der Waals surface area contributed by atoms with Gasteiger partial charge in [-0.3, -0.25) is 0 Å². The molecule has 0 saturated carbocycles. The Hall–Kier alpha value is -2.49. The van der Waals surface area contributed by atoms with Crippen molar-refractivity contribution >= 4 is 11.7 Å². The highest BCUT2D eigenvalue weighted by Gasteiger charge is 2.08. The maximum absolute atomic E-state index is 12.1. The normalized spacial score (nSPS) is 10.1. The summed E-state index contributed by atoms with van der Waals surface area (Å²) in [5.74, 6) is 0. The Labute approximate surface area is 132 Å². The Balaban J connectivity index is 1.73. The maximum Gasteiger partial charge on any atom is 0.317 e. The molecule has 4 nitrogen and oxygen atoms in total. The predicted octanol–water partition coefficient (Wildman–Crippen LogP) is 2.96. The Morgan fingerprint density at radius 3 is 2.18 bits per heavy atom. The van der Waals surface area contributed by atoms with Gasteiger partial charge in [-0.25, -0.2) is 4.79 Å². The van der Waals surface area contributed by atoms with Crippen LogP contribution in [0.1, 0.15) is 5.56 Å². The zero-order valence-electron chi connectivity index (χ0n) is 13.2. The molecular weight excluding hydrogens is 274 g/mol. The van der Waals surface area contributed by atoms with E-state index in [1.54, 1.807) is 4.90 Å². The average molecular weight is 297 g/mol. The Morgan fingerprint density at radius 1 is 0.955 bits per heavy atom. The lowest BCUT2D eigenvalue weighted by Crippen LogP contribution is -2.40. The topological polar surface area (TPSA) is 35.6 Å². The maximum atomic E-state index is 12.1. The Bertz CT molecular complexity index is 571. The molecule has 2 rings (SSSR count). The van der Waals surface area contributed by atoms with E-state index < -0.39 is 0 Å². The van der Waals surface area contributed by atoms with E-state index >= 15 is 0 Å². The fraction of sp³-hybridized carbons (Fsp3) is 0.278. The Kier molecular flexibility index (Phi) is 5.83. The van der Waals surface area contributed by atoms with E-state index in [-0.39, 0.29) is 6.03 Å². The summed E-state index contributed by atoms with van der Waals surface area (Å²) in [6, 6.07) is 20.1. The average Bonchev–Trinajstić information content (AvgIpc) is 2.56. The summed E-state index contributed by atoms with van der Waals surface area (Å²) in [6.45, 7) is 2.00. The molecule has 1 N–H and O–H groups in total. The summed E-state index contributed by atoms with van der Waals surface area (Å²) in [5.41, 5.74) is 2.27. The molecule has 0 saturated heterocycles. The number of amides is 2. The van der Waals surface area contributed by atoms with Gasteiger partial charge in [-0.1, -0.05) is 48.5 Å². The summed E-state index contributed by atoms with van der Waals surface area (Å²) >= 11 is 0. The van der Waals surface area contributed by atoms with Crippen molar-refractivity contribution in [2.24, 2.45) is 0 Å². The van der Waals surface area contributed by atoms with Crippen molar-refractivity contribution in [2.45, 2.75) is 6.54 Å². The van der Waals surface area contributed by atoms with Gasteiger partial charge in [0.1, 0.15) is 0 Å². The highest BCUT2D eigenvalue weighted by Crippen LogP contribution is 2.09. The molecular formula is C18H23N3O. The van der Waals surface area contributed by atoms with Gasteiger partial charge in [0.15, 0.2) is 0 Å². The van der Waals surface area contributed by atoms with Gasteiger partial charge in [-0.15, -0.1) is 0 Å². The van der Waals surface area contributed by atoms with Crippen LogP contribution in [0.5, 0.6) is 0 Å². The van der Waals surface area contributed by atoms with E-state index in [4.69, 9.17) is 0 Å². The van der Waals surface area contributed by atoms with Crippen LogP contribution in [0.3, 0.4) is 0 Å². The zero-order chi connectivity index (χ0) is 15.8. The van der Waals surface area contributed by atoms with E-state index in [0.29, 0.717) is 13.1 Å². The van der Waals surface area contributed by atoms with E-state index in [9.17, 15) is 4.79 Å². The second-order valence-corrected chi connectivity index (χ2v) is 5.33. The van der Waals surface area contributed by atoms with Gasteiger partial charge in [-0.05, 0) is 17.7 Å². The third kappa shape index (κ3) is 4.81. The summed E-state index contributed by atoms with van der Waals surface area (Å²) in [5, 5.41) is 2.95. The van der Waals surface area contributed by atoms with Crippen molar-refractivity contribution < 1.29 is 4.79 Å². The molecule has 0 bridgehead atoms. The lowest BCUT2D eigenvalue weighted by atomic mass is 10.2. The van der Waals surface area contributed by atoms with E-state index in [1.807, 2.05) is 62.6 Å². The van der Waals surface area contributed by atoms with Crippen LogP contribution in [0.25, 0.3) is 0 Å². The molecule has 0 fully saturated rings. The van der Waals surface area contributed by atoms with Crippen molar-refractivity contribution in [2.75, 3.05) is 32.1 Å². The summed E-state index contributed by atoms with van der Waals surface area (Å²) < 4.78 is 0. The first-order chi connectivity index (χ1) is 10.7. The summed E-state index contributed by atoms with van der Waals surface area (Å²) in [7, 11) is 3.83. The largest absolute Gasteiger partial charge is 0.373 e. The van der Waals surface area contributed by atoms with Crippen LogP contribution >= 0.6 is 0 Å². The number of rotatable bonds is 6. The number of benzene rings is 2. The summed E-state index contributed by atoms with van der Waals surface area (Å²) in [4.78, 5) is 15.9. The van der Waals surface area contributed by atoms with Crippen molar-refractivity contribution in [1.82, 2.24) is 10.2 Å². The van der Waals surface area contributed by atoms with Crippen LogP contribution in [0.4, 0.5) is 10.5 Å². The molecule has 0 aliphatic rings. The molecule has 116 valence electrons. The van der Waals surface area contributed by atoms with Gasteiger partial charge in [0.25, 0.3) is 0 Å². The number of likely N-dealkylation sites (N-methyl/N-ethyl adjacent to an activating group) is 1. The first kappa shape index (κ1) is 15.9. The van der Waals surface area contributed by atoms with Gasteiger partial charge < -0.3 is 15.1 Å². The van der Waals surface area contributed by atoms with Crippen molar-refractivity contribution in [3.63, 3.8) is 0 Å². The number of carbonyl (C=O) groups excluding carboxylic acids is 1. The second kappa shape index (κ2) is 8.08. The van der Waals surface area contributed by atoms with Crippen LogP contribution in [0.2, 0.25) is 0 Å². The molecule has 0 heterocycles. The fourth-order valence-corrected chi connectivity index (χ4v) is 2.21. The number of hydrogen-bond acceptors (Lipinski definition) is 2. The number of urea groups is 1. The highest BCUT2D eigenvalue weighted by molar-refractivity contribution is 5.73. The standard InChI is InChI=1S/C18H23N3O/c1-20(17-11-7-4-8-12-17)14-13-19-18(22)21(2)15-16-9-5-3-6-10-16/h3-12H,13-15H2,1-2H3,(H,19,22). The van der Waals surface area contributed by atoms with E-state index in [2.05, 4.69) is 22.3 Å². The molecule has 2 aromatic rings. The molecule has 0 atom stereocenters. The minimum Gasteiger partial charge on any atom is -0.373 e. The first-order valence-electron chi connectivity index (χ1n) is 7.46. The number of nitrogens with one attached hydrogen (secondary N) is 1. The molecule has 22 heavy (non-hydrogen) atoms. The zero-order valence-corrected chi connectivity index (χ0v) is 13.2. The number of carbonyl (C=O) groups is 1. The summed E-state index contributed by atoms with van der Waals surface area (Å²) in [6.07, 6.45) is 0. The lowest BCUT2D eigenvalue weighted by molar-refractivity contribution is 0.207. The van der Waals surface area contributed by atoms with Crippen molar-refractivity contribution in [3.05, 3.63) is 66.2 Å². The van der Waals surface area contributed by atoms with Gasteiger partial charge >= 0.3 is 6.03 Å².